The standard InChI is InChI=1S/C18H23N3O3S2/c1-13-16-9-14(10-19)3-4-17(16)25-18(13)26(22,23)20-11-15-5-6-21(12-15)7-8-24-2/h3-4,9,15,20H,5-8,11-12H2,1-2H3. The number of thiophene rings is 1. The summed E-state index contributed by atoms with van der Waals surface area (Å²) in [5, 5.41) is 9.88. The topological polar surface area (TPSA) is 82.4 Å². The maximum Gasteiger partial charge on any atom is 0.250 e. The molecule has 6 nitrogen and oxygen atoms in total. The molecule has 1 N–H and O–H groups in total. The van der Waals surface area contributed by atoms with Gasteiger partial charge in [0.05, 0.1) is 18.2 Å². The predicted octanol–water partition coefficient (Wildman–Crippen LogP) is 2.33. The molecule has 2 heterocycles. The minimum Gasteiger partial charge on any atom is -0.383 e. The van der Waals surface area contributed by atoms with Crippen molar-refractivity contribution in [2.45, 2.75) is 17.6 Å². The molecule has 2 aromatic rings. The lowest BCUT2D eigenvalue weighted by atomic mass is 10.1. The number of nitrogens with zero attached hydrogens (tertiary/aromatic N) is 2. The van der Waals surface area contributed by atoms with Gasteiger partial charge in [0.25, 0.3) is 0 Å². The van der Waals surface area contributed by atoms with Gasteiger partial charge >= 0.3 is 0 Å². The summed E-state index contributed by atoms with van der Waals surface area (Å²) in [5.74, 6) is 0.321. The molecule has 140 valence electrons. The summed E-state index contributed by atoms with van der Waals surface area (Å²) in [7, 11) is -1.86. The van der Waals surface area contributed by atoms with E-state index in [1.54, 1.807) is 26.2 Å². The minimum absolute atomic E-state index is 0.321. The molecule has 1 saturated heterocycles. The average molecular weight is 394 g/mol. The summed E-state index contributed by atoms with van der Waals surface area (Å²) >= 11 is 1.26. The van der Waals surface area contributed by atoms with E-state index in [1.165, 1.54) is 11.3 Å². The molecule has 1 atom stereocenters. The molecule has 0 bridgehead atoms. The number of methoxy groups -OCH3 is 1. The Hall–Kier alpha value is -1.50. The summed E-state index contributed by atoms with van der Waals surface area (Å²) < 4.78 is 34.7. The number of fused-ring (bicyclic) bond motifs is 1. The maximum atomic E-state index is 12.8. The van der Waals surface area contributed by atoms with Gasteiger partial charge in [0.15, 0.2) is 0 Å². The van der Waals surface area contributed by atoms with Crippen LogP contribution in [0.2, 0.25) is 0 Å². The zero-order chi connectivity index (χ0) is 18.7. The lowest BCUT2D eigenvalue weighted by molar-refractivity contribution is 0.159. The van der Waals surface area contributed by atoms with Gasteiger partial charge in [0.2, 0.25) is 10.0 Å². The van der Waals surface area contributed by atoms with E-state index in [1.807, 2.05) is 6.07 Å². The van der Waals surface area contributed by atoms with Crippen molar-refractivity contribution in [3.05, 3.63) is 29.3 Å². The summed E-state index contributed by atoms with van der Waals surface area (Å²) in [5.41, 5.74) is 1.25. The molecular formula is C18H23N3O3S2. The van der Waals surface area contributed by atoms with Crippen LogP contribution in [0.4, 0.5) is 0 Å². The first-order valence-electron chi connectivity index (χ1n) is 8.59. The molecule has 1 fully saturated rings. The van der Waals surface area contributed by atoms with E-state index in [0.29, 0.717) is 34.4 Å². The van der Waals surface area contributed by atoms with E-state index in [9.17, 15) is 8.42 Å². The largest absolute Gasteiger partial charge is 0.383 e. The summed E-state index contributed by atoms with van der Waals surface area (Å²) in [6.07, 6.45) is 0.989. The fourth-order valence-electron chi connectivity index (χ4n) is 3.32. The van der Waals surface area contributed by atoms with Crippen molar-refractivity contribution in [2.24, 2.45) is 5.92 Å². The molecule has 1 aliphatic rings. The van der Waals surface area contributed by atoms with Gasteiger partial charge in [-0.15, -0.1) is 11.3 Å². The highest BCUT2D eigenvalue weighted by Gasteiger charge is 2.26. The van der Waals surface area contributed by atoms with E-state index >= 15 is 0 Å². The number of sulfonamides is 1. The highest BCUT2D eigenvalue weighted by molar-refractivity contribution is 7.91. The van der Waals surface area contributed by atoms with Crippen LogP contribution in [0, 0.1) is 24.2 Å². The third kappa shape index (κ3) is 4.08. The highest BCUT2D eigenvalue weighted by atomic mass is 32.2. The predicted molar refractivity (Wildman–Crippen MR) is 103 cm³/mol. The molecule has 1 aliphatic heterocycles. The fraction of sp³-hybridized carbons (Fsp3) is 0.500. The number of nitriles is 1. The van der Waals surface area contributed by atoms with Crippen molar-refractivity contribution in [2.75, 3.05) is 39.9 Å². The van der Waals surface area contributed by atoms with Crippen LogP contribution in [-0.4, -0.2) is 53.2 Å². The second-order valence-corrected chi connectivity index (χ2v) is 9.65. The fourth-order valence-corrected chi connectivity index (χ4v) is 6.23. The van der Waals surface area contributed by atoms with Crippen LogP contribution in [0.1, 0.15) is 17.5 Å². The van der Waals surface area contributed by atoms with Crippen LogP contribution < -0.4 is 4.72 Å². The molecule has 1 aromatic carbocycles. The van der Waals surface area contributed by atoms with Crippen molar-refractivity contribution in [3.63, 3.8) is 0 Å². The van der Waals surface area contributed by atoms with Gasteiger partial charge in [-0.25, -0.2) is 13.1 Å². The van der Waals surface area contributed by atoms with Gasteiger partial charge in [0.1, 0.15) is 4.21 Å². The number of likely N-dealkylation sites (tertiary alicyclic amines) is 1. The van der Waals surface area contributed by atoms with Crippen LogP contribution >= 0.6 is 11.3 Å². The number of hydrogen-bond acceptors (Lipinski definition) is 6. The first-order valence-corrected chi connectivity index (χ1v) is 10.9. The number of aryl methyl sites for hydroxylation is 1. The van der Waals surface area contributed by atoms with Gasteiger partial charge in [-0.2, -0.15) is 5.26 Å². The zero-order valence-electron chi connectivity index (χ0n) is 15.0. The SMILES string of the molecule is COCCN1CCC(CNS(=O)(=O)c2sc3ccc(C#N)cc3c2C)C1. The smallest absolute Gasteiger partial charge is 0.250 e. The summed E-state index contributed by atoms with van der Waals surface area (Å²) in [4.78, 5) is 2.30. The molecule has 0 saturated carbocycles. The van der Waals surface area contributed by atoms with Gasteiger partial charge in [-0.05, 0) is 55.0 Å². The van der Waals surface area contributed by atoms with E-state index in [-0.39, 0.29) is 0 Å². The molecule has 3 rings (SSSR count). The molecule has 0 aliphatic carbocycles. The Balaban J connectivity index is 1.70. The van der Waals surface area contributed by atoms with Crippen molar-refractivity contribution >= 4 is 31.4 Å². The molecule has 0 radical (unpaired) electrons. The van der Waals surface area contributed by atoms with Crippen LogP contribution in [0.15, 0.2) is 22.4 Å². The molecule has 0 amide bonds. The lowest BCUT2D eigenvalue weighted by Gasteiger charge is -2.15. The van der Waals surface area contributed by atoms with Crippen molar-refractivity contribution in [1.29, 1.82) is 5.26 Å². The van der Waals surface area contributed by atoms with E-state index in [4.69, 9.17) is 10.00 Å². The summed E-state index contributed by atoms with van der Waals surface area (Å²) in [6.45, 7) is 5.71. The third-order valence-electron chi connectivity index (χ3n) is 4.81. The van der Waals surface area contributed by atoms with Gasteiger partial charge in [-0.1, -0.05) is 0 Å². The van der Waals surface area contributed by atoms with Crippen LogP contribution in [0.25, 0.3) is 10.1 Å². The maximum absolute atomic E-state index is 12.8. The molecule has 1 aromatic heterocycles. The second-order valence-electron chi connectivity index (χ2n) is 6.64. The normalized spacial score (nSPS) is 18.4. The number of nitrogens with one attached hydrogen (secondary N) is 1. The van der Waals surface area contributed by atoms with E-state index in [0.717, 1.165) is 36.1 Å². The monoisotopic (exact) mass is 393 g/mol. The summed E-state index contributed by atoms with van der Waals surface area (Å²) in [6, 6.07) is 7.39. The first kappa shape index (κ1) is 19.3. The Morgan fingerprint density at radius 3 is 3.00 bits per heavy atom. The Bertz CT molecular complexity index is 931. The van der Waals surface area contributed by atoms with Crippen molar-refractivity contribution < 1.29 is 13.2 Å². The Morgan fingerprint density at radius 2 is 2.27 bits per heavy atom. The second kappa shape index (κ2) is 8.03. The Morgan fingerprint density at radius 1 is 1.46 bits per heavy atom. The quantitative estimate of drug-likeness (QED) is 0.781. The van der Waals surface area contributed by atoms with E-state index in [2.05, 4.69) is 15.7 Å². The number of rotatable bonds is 7. The van der Waals surface area contributed by atoms with Gasteiger partial charge in [-0.3, -0.25) is 0 Å². The van der Waals surface area contributed by atoms with Crippen molar-refractivity contribution in [3.8, 4) is 6.07 Å². The third-order valence-corrected chi connectivity index (χ3v) is 8.13. The lowest BCUT2D eigenvalue weighted by Crippen LogP contribution is -2.31. The Kier molecular flexibility index (Phi) is 5.95. The Labute approximate surface area is 158 Å². The van der Waals surface area contributed by atoms with Gasteiger partial charge in [0, 0.05) is 31.4 Å². The van der Waals surface area contributed by atoms with Crippen molar-refractivity contribution in [1.82, 2.24) is 9.62 Å². The molecule has 1 unspecified atom stereocenters. The molecular weight excluding hydrogens is 370 g/mol. The highest BCUT2D eigenvalue weighted by Crippen LogP contribution is 2.34. The zero-order valence-corrected chi connectivity index (χ0v) is 16.6. The average Bonchev–Trinajstić information content (AvgIpc) is 3.23. The number of ether oxygens (including phenoxy) is 1. The van der Waals surface area contributed by atoms with Crippen LogP contribution in [0.5, 0.6) is 0 Å². The number of hydrogen-bond donors (Lipinski definition) is 1. The molecule has 26 heavy (non-hydrogen) atoms. The van der Waals surface area contributed by atoms with E-state index < -0.39 is 10.0 Å². The van der Waals surface area contributed by atoms with Gasteiger partial charge < -0.3 is 9.64 Å². The first-order chi connectivity index (χ1) is 12.4. The molecule has 8 heteroatoms. The number of benzene rings is 1. The van der Waals surface area contributed by atoms with Crippen LogP contribution in [0.3, 0.4) is 0 Å². The minimum atomic E-state index is -3.55. The molecule has 0 spiro atoms. The van der Waals surface area contributed by atoms with Crippen LogP contribution in [-0.2, 0) is 14.8 Å².